The third-order valence-corrected chi connectivity index (χ3v) is 7.76. The van der Waals surface area contributed by atoms with Gasteiger partial charge in [-0.15, -0.1) is 0 Å². The number of benzene rings is 1. The lowest BCUT2D eigenvalue weighted by molar-refractivity contribution is 0.206. The summed E-state index contributed by atoms with van der Waals surface area (Å²) in [7, 11) is 1.69. The summed E-state index contributed by atoms with van der Waals surface area (Å²) in [5.41, 5.74) is 6.87. The van der Waals surface area contributed by atoms with E-state index in [0.29, 0.717) is 5.95 Å². The Labute approximate surface area is 213 Å². The molecule has 1 unspecified atom stereocenters. The molecule has 5 rings (SSSR count). The summed E-state index contributed by atoms with van der Waals surface area (Å²) >= 11 is 0. The van der Waals surface area contributed by atoms with Crippen molar-refractivity contribution in [3.63, 3.8) is 0 Å². The van der Waals surface area contributed by atoms with Gasteiger partial charge >= 0.3 is 0 Å². The first-order chi connectivity index (χ1) is 17.4. The number of aryl methyl sites for hydroxylation is 2. The Morgan fingerprint density at radius 3 is 2.67 bits per heavy atom. The van der Waals surface area contributed by atoms with Gasteiger partial charge in [-0.05, 0) is 55.6 Å². The third kappa shape index (κ3) is 4.63. The Morgan fingerprint density at radius 2 is 1.94 bits per heavy atom. The molecule has 8 heteroatoms. The van der Waals surface area contributed by atoms with Crippen molar-refractivity contribution in [1.82, 2.24) is 19.9 Å². The van der Waals surface area contributed by atoms with Crippen LogP contribution in [-0.2, 0) is 11.8 Å². The number of hydrogen-bond donors (Lipinski definition) is 2. The molecule has 2 aromatic heterocycles. The van der Waals surface area contributed by atoms with Crippen LogP contribution >= 0.6 is 0 Å². The van der Waals surface area contributed by atoms with E-state index in [9.17, 15) is 5.11 Å². The van der Waals surface area contributed by atoms with Gasteiger partial charge in [0.2, 0.25) is 5.95 Å². The molecule has 0 amide bonds. The van der Waals surface area contributed by atoms with Gasteiger partial charge in [0.1, 0.15) is 5.75 Å². The summed E-state index contributed by atoms with van der Waals surface area (Å²) in [5.74, 6) is 1.26. The molecule has 1 aliphatic carbocycles. The van der Waals surface area contributed by atoms with E-state index in [-0.39, 0.29) is 12.0 Å². The van der Waals surface area contributed by atoms with Crippen molar-refractivity contribution in [2.45, 2.75) is 39.0 Å². The van der Waals surface area contributed by atoms with E-state index in [4.69, 9.17) is 9.72 Å². The fourth-order valence-corrected chi connectivity index (χ4v) is 5.34. The van der Waals surface area contributed by atoms with Crippen LogP contribution in [-0.4, -0.2) is 71.4 Å². The number of fused-ring (bicyclic) bond motifs is 1. The Bertz CT molecular complexity index is 1240. The van der Waals surface area contributed by atoms with Crippen molar-refractivity contribution in [1.29, 1.82) is 0 Å². The van der Waals surface area contributed by atoms with Crippen LogP contribution in [0.3, 0.4) is 0 Å². The lowest BCUT2D eigenvalue weighted by atomic mass is 9.85. The van der Waals surface area contributed by atoms with E-state index >= 15 is 0 Å². The molecule has 3 aromatic rings. The molecule has 2 N–H and O–H groups in total. The largest absolute Gasteiger partial charge is 0.494 e. The normalized spacial score (nSPS) is 19.9. The molecule has 36 heavy (non-hydrogen) atoms. The van der Waals surface area contributed by atoms with Crippen LogP contribution in [0.1, 0.15) is 37.1 Å². The van der Waals surface area contributed by atoms with Crippen LogP contribution in [0.5, 0.6) is 5.75 Å². The number of pyridine rings is 1. The van der Waals surface area contributed by atoms with Gasteiger partial charge in [0, 0.05) is 67.0 Å². The summed E-state index contributed by atoms with van der Waals surface area (Å²) in [4.78, 5) is 18.8. The van der Waals surface area contributed by atoms with E-state index in [1.165, 1.54) is 11.3 Å². The highest BCUT2D eigenvalue weighted by atomic mass is 16.5. The van der Waals surface area contributed by atoms with Crippen LogP contribution in [0.25, 0.3) is 11.3 Å². The number of anilines is 3. The Balaban J connectivity index is 1.39. The number of rotatable bonds is 7. The van der Waals surface area contributed by atoms with Crippen LogP contribution in [0, 0.1) is 6.92 Å². The van der Waals surface area contributed by atoms with E-state index < -0.39 is 0 Å². The van der Waals surface area contributed by atoms with E-state index in [0.717, 1.165) is 79.5 Å². The van der Waals surface area contributed by atoms with Gasteiger partial charge < -0.3 is 25.0 Å². The summed E-state index contributed by atoms with van der Waals surface area (Å²) < 4.78 is 5.76. The molecular formula is C28H36N6O2. The molecule has 0 saturated carbocycles. The number of ether oxygens (including phenoxy) is 1. The number of nitrogens with zero attached hydrogens (tertiary/aromatic N) is 5. The smallest absolute Gasteiger partial charge is 0.227 e. The zero-order valence-corrected chi connectivity index (χ0v) is 21.7. The van der Waals surface area contributed by atoms with Crippen molar-refractivity contribution in [2.24, 2.45) is 0 Å². The number of aliphatic hydroxyl groups is 1. The maximum atomic E-state index is 9.96. The van der Waals surface area contributed by atoms with Gasteiger partial charge in [-0.1, -0.05) is 13.8 Å². The topological polar surface area (TPSA) is 86.6 Å². The average molecular weight is 489 g/mol. The van der Waals surface area contributed by atoms with Crippen molar-refractivity contribution in [3.05, 3.63) is 53.5 Å². The zero-order chi connectivity index (χ0) is 25.3. The molecule has 1 atom stereocenters. The SMILES string of the molecule is CCN1CCN(c2cc(OC)c(Nc3nccc(-c4cnc5c(c4)C(C)(CO)CC5)n3)cc2C)CC1. The Hall–Kier alpha value is -3.23. The number of aromatic nitrogens is 3. The van der Waals surface area contributed by atoms with Crippen molar-refractivity contribution in [2.75, 3.05) is 56.7 Å². The fraction of sp³-hybridized carbons (Fsp3) is 0.464. The maximum absolute atomic E-state index is 9.96. The van der Waals surface area contributed by atoms with Crippen LogP contribution in [0.2, 0.25) is 0 Å². The highest BCUT2D eigenvalue weighted by molar-refractivity contribution is 5.72. The molecule has 8 nitrogen and oxygen atoms in total. The minimum Gasteiger partial charge on any atom is -0.494 e. The second kappa shape index (κ2) is 10.0. The summed E-state index contributed by atoms with van der Waals surface area (Å²) in [6.07, 6.45) is 5.43. The molecule has 0 spiro atoms. The quantitative estimate of drug-likeness (QED) is 0.517. The van der Waals surface area contributed by atoms with E-state index in [2.05, 4.69) is 64.1 Å². The molecule has 2 aliphatic rings. The predicted molar refractivity (Wildman–Crippen MR) is 143 cm³/mol. The average Bonchev–Trinajstić information content (AvgIpc) is 3.25. The molecule has 3 heterocycles. The summed E-state index contributed by atoms with van der Waals surface area (Å²) in [6.45, 7) is 11.8. The first kappa shape index (κ1) is 24.5. The number of aliphatic hydroxyl groups excluding tert-OH is 1. The number of methoxy groups -OCH3 is 1. The van der Waals surface area contributed by atoms with Crippen molar-refractivity contribution in [3.8, 4) is 17.0 Å². The lowest BCUT2D eigenvalue weighted by Crippen LogP contribution is -2.46. The molecule has 1 fully saturated rings. The van der Waals surface area contributed by atoms with Gasteiger partial charge in [0.15, 0.2) is 0 Å². The third-order valence-electron chi connectivity index (χ3n) is 7.76. The molecule has 0 radical (unpaired) electrons. The molecular weight excluding hydrogens is 452 g/mol. The van der Waals surface area contributed by atoms with Crippen molar-refractivity contribution < 1.29 is 9.84 Å². The first-order valence-electron chi connectivity index (χ1n) is 12.8. The van der Waals surface area contributed by atoms with Gasteiger partial charge in [-0.2, -0.15) is 0 Å². The van der Waals surface area contributed by atoms with Crippen LogP contribution < -0.4 is 15.0 Å². The first-order valence-corrected chi connectivity index (χ1v) is 12.8. The molecule has 1 aromatic carbocycles. The molecule has 1 saturated heterocycles. The predicted octanol–water partition coefficient (Wildman–Crippen LogP) is 3.94. The molecule has 0 bridgehead atoms. The van der Waals surface area contributed by atoms with Crippen LogP contribution in [0.4, 0.5) is 17.3 Å². The lowest BCUT2D eigenvalue weighted by Gasteiger charge is -2.36. The Morgan fingerprint density at radius 1 is 1.14 bits per heavy atom. The Kier molecular flexibility index (Phi) is 6.81. The number of likely N-dealkylation sites (N-methyl/N-ethyl adjacent to an activating group) is 1. The monoisotopic (exact) mass is 488 g/mol. The minimum absolute atomic E-state index is 0.116. The minimum atomic E-state index is -0.248. The number of piperazine rings is 1. The standard InChI is InChI=1S/C28H36N6O2/c1-5-33-10-12-34(13-11-33)25-16-26(36-4)24(14-19(25)2)32-27-29-9-7-22(31-27)20-15-21-23(30-17-20)6-8-28(21,3)18-35/h7,9,14-17,35H,5-6,8,10-13,18H2,1-4H3,(H,29,31,32). The van der Waals surface area contributed by atoms with Gasteiger partial charge in [-0.25, -0.2) is 9.97 Å². The van der Waals surface area contributed by atoms with E-state index in [1.54, 1.807) is 13.3 Å². The van der Waals surface area contributed by atoms with E-state index in [1.807, 2.05) is 12.3 Å². The van der Waals surface area contributed by atoms with Gasteiger partial charge in [0.05, 0.1) is 25.1 Å². The van der Waals surface area contributed by atoms with Crippen molar-refractivity contribution >= 4 is 17.3 Å². The maximum Gasteiger partial charge on any atom is 0.227 e. The number of nitrogens with one attached hydrogen (secondary N) is 1. The molecule has 1 aliphatic heterocycles. The van der Waals surface area contributed by atoms with Gasteiger partial charge in [0.25, 0.3) is 0 Å². The van der Waals surface area contributed by atoms with Crippen LogP contribution in [0.15, 0.2) is 36.7 Å². The summed E-state index contributed by atoms with van der Waals surface area (Å²) in [6, 6.07) is 8.24. The zero-order valence-electron chi connectivity index (χ0n) is 21.7. The second-order valence-electron chi connectivity index (χ2n) is 10.1. The summed E-state index contributed by atoms with van der Waals surface area (Å²) in [5, 5.41) is 13.3. The van der Waals surface area contributed by atoms with Gasteiger partial charge in [-0.3, -0.25) is 4.98 Å². The second-order valence-corrected chi connectivity index (χ2v) is 10.1. The highest BCUT2D eigenvalue weighted by Gasteiger charge is 2.35. The fourth-order valence-electron chi connectivity index (χ4n) is 5.34. The number of hydrogen-bond acceptors (Lipinski definition) is 8. The highest BCUT2D eigenvalue weighted by Crippen LogP contribution is 2.39. The molecule has 190 valence electrons.